The molecule has 1 aromatic heterocycles. The number of hydrogen-bond acceptors (Lipinski definition) is 2. The lowest BCUT2D eigenvalue weighted by Crippen LogP contribution is -2.04. The highest BCUT2D eigenvalue weighted by Gasteiger charge is 2.15. The van der Waals surface area contributed by atoms with E-state index in [1.807, 2.05) is 11.5 Å². The average molecular weight is 288 g/mol. The van der Waals surface area contributed by atoms with Gasteiger partial charge < -0.3 is 4.57 Å². The van der Waals surface area contributed by atoms with Crippen molar-refractivity contribution in [1.29, 1.82) is 0 Å². The highest BCUT2D eigenvalue weighted by Crippen LogP contribution is 2.28. The van der Waals surface area contributed by atoms with Gasteiger partial charge in [-0.25, -0.2) is 4.39 Å². The van der Waals surface area contributed by atoms with Gasteiger partial charge in [-0.05, 0) is 24.6 Å². The van der Waals surface area contributed by atoms with Crippen LogP contribution in [0.5, 0.6) is 0 Å². The van der Waals surface area contributed by atoms with Crippen LogP contribution in [0.15, 0.2) is 18.2 Å². The van der Waals surface area contributed by atoms with E-state index in [1.54, 1.807) is 6.07 Å². The van der Waals surface area contributed by atoms with Crippen LogP contribution < -0.4 is 0 Å². The molecule has 96 valence electrons. The third kappa shape index (κ3) is 2.49. The van der Waals surface area contributed by atoms with Gasteiger partial charge in [-0.3, -0.25) is 0 Å². The molecule has 0 bridgehead atoms. The molecule has 0 amide bonds. The Labute approximate surface area is 115 Å². The number of aromatic nitrogens is 3. The van der Waals surface area contributed by atoms with Crippen molar-refractivity contribution in [3.05, 3.63) is 34.9 Å². The first kappa shape index (κ1) is 13.3. The second-order valence-electron chi connectivity index (χ2n) is 3.85. The molecule has 0 aliphatic rings. The van der Waals surface area contributed by atoms with Gasteiger partial charge in [0, 0.05) is 12.1 Å². The largest absolute Gasteiger partial charge is 0.310 e. The quantitative estimate of drug-likeness (QED) is 0.799. The SMILES string of the molecule is CCCn1c(CCl)nnc1-c1ccc(F)cc1Cl. The van der Waals surface area contributed by atoms with Crippen LogP contribution in [0, 0.1) is 5.82 Å². The predicted octanol–water partition coefficient (Wildman–Crippen LogP) is 3.89. The van der Waals surface area contributed by atoms with Crippen molar-refractivity contribution in [1.82, 2.24) is 14.8 Å². The first-order valence-electron chi connectivity index (χ1n) is 5.60. The topological polar surface area (TPSA) is 30.7 Å². The van der Waals surface area contributed by atoms with Crippen LogP contribution in [0.2, 0.25) is 5.02 Å². The smallest absolute Gasteiger partial charge is 0.165 e. The van der Waals surface area contributed by atoms with Crippen LogP contribution in [0.3, 0.4) is 0 Å². The molecule has 1 heterocycles. The van der Waals surface area contributed by atoms with Gasteiger partial charge in [-0.1, -0.05) is 18.5 Å². The third-order valence-electron chi connectivity index (χ3n) is 2.57. The molecule has 0 fully saturated rings. The van der Waals surface area contributed by atoms with Crippen molar-refractivity contribution >= 4 is 23.2 Å². The lowest BCUT2D eigenvalue weighted by Gasteiger charge is -2.08. The van der Waals surface area contributed by atoms with Crippen LogP contribution in [-0.2, 0) is 12.4 Å². The van der Waals surface area contributed by atoms with E-state index in [2.05, 4.69) is 10.2 Å². The fraction of sp³-hybridized carbons (Fsp3) is 0.333. The highest BCUT2D eigenvalue weighted by molar-refractivity contribution is 6.33. The van der Waals surface area contributed by atoms with Crippen molar-refractivity contribution in [3.8, 4) is 11.4 Å². The number of halogens is 3. The van der Waals surface area contributed by atoms with Crippen LogP contribution >= 0.6 is 23.2 Å². The van der Waals surface area contributed by atoms with Gasteiger partial charge in [-0.15, -0.1) is 21.8 Å². The lowest BCUT2D eigenvalue weighted by atomic mass is 10.2. The Bertz CT molecular complexity index is 554. The zero-order valence-corrected chi connectivity index (χ0v) is 11.3. The summed E-state index contributed by atoms with van der Waals surface area (Å²) in [6, 6.07) is 4.22. The molecule has 1 aromatic carbocycles. The molecule has 0 saturated carbocycles. The summed E-state index contributed by atoms with van der Waals surface area (Å²) < 4.78 is 14.9. The van der Waals surface area contributed by atoms with E-state index in [4.69, 9.17) is 23.2 Å². The van der Waals surface area contributed by atoms with E-state index >= 15 is 0 Å². The summed E-state index contributed by atoms with van der Waals surface area (Å²) in [5.74, 6) is 1.22. The van der Waals surface area contributed by atoms with Crippen molar-refractivity contribution in [2.75, 3.05) is 0 Å². The molecule has 2 rings (SSSR count). The number of rotatable bonds is 4. The van der Waals surface area contributed by atoms with E-state index in [0.717, 1.165) is 13.0 Å². The van der Waals surface area contributed by atoms with Gasteiger partial charge in [0.25, 0.3) is 0 Å². The maximum absolute atomic E-state index is 13.0. The van der Waals surface area contributed by atoms with Crippen molar-refractivity contribution in [2.45, 2.75) is 25.8 Å². The number of benzene rings is 1. The molecule has 0 radical (unpaired) electrons. The Morgan fingerprint density at radius 2 is 2.11 bits per heavy atom. The van der Waals surface area contributed by atoms with Crippen molar-refractivity contribution in [3.63, 3.8) is 0 Å². The Kier molecular flexibility index (Phi) is 4.19. The number of nitrogens with zero attached hydrogens (tertiary/aromatic N) is 3. The second kappa shape index (κ2) is 5.67. The molecule has 0 aliphatic carbocycles. The first-order chi connectivity index (χ1) is 8.67. The highest BCUT2D eigenvalue weighted by atomic mass is 35.5. The minimum atomic E-state index is -0.372. The van der Waals surface area contributed by atoms with Crippen LogP contribution in [0.4, 0.5) is 4.39 Å². The number of hydrogen-bond donors (Lipinski definition) is 0. The minimum absolute atomic E-state index is 0.284. The molecule has 0 unspecified atom stereocenters. The van der Waals surface area contributed by atoms with Gasteiger partial charge >= 0.3 is 0 Å². The molecular formula is C12H12Cl2FN3. The molecule has 6 heteroatoms. The maximum Gasteiger partial charge on any atom is 0.165 e. The molecule has 0 N–H and O–H groups in total. The van der Waals surface area contributed by atoms with E-state index < -0.39 is 0 Å². The zero-order valence-electron chi connectivity index (χ0n) is 9.83. The predicted molar refractivity (Wildman–Crippen MR) is 70.3 cm³/mol. The van der Waals surface area contributed by atoms with Crippen LogP contribution in [0.25, 0.3) is 11.4 Å². The van der Waals surface area contributed by atoms with Gasteiger partial charge in [0.15, 0.2) is 5.82 Å². The molecular weight excluding hydrogens is 276 g/mol. The molecule has 3 nitrogen and oxygen atoms in total. The van der Waals surface area contributed by atoms with Crippen molar-refractivity contribution in [2.24, 2.45) is 0 Å². The molecule has 0 spiro atoms. The lowest BCUT2D eigenvalue weighted by molar-refractivity contribution is 0.627. The van der Waals surface area contributed by atoms with Crippen LogP contribution in [-0.4, -0.2) is 14.8 Å². The van der Waals surface area contributed by atoms with Crippen LogP contribution in [0.1, 0.15) is 19.2 Å². The van der Waals surface area contributed by atoms with Gasteiger partial charge in [-0.2, -0.15) is 0 Å². The summed E-state index contributed by atoms with van der Waals surface area (Å²) in [4.78, 5) is 0. The summed E-state index contributed by atoms with van der Waals surface area (Å²) in [5, 5.41) is 8.43. The summed E-state index contributed by atoms with van der Waals surface area (Å²) >= 11 is 11.9. The maximum atomic E-state index is 13.0. The zero-order chi connectivity index (χ0) is 13.1. The normalized spacial score (nSPS) is 10.9. The van der Waals surface area contributed by atoms with Gasteiger partial charge in [0.05, 0.1) is 10.9 Å². The third-order valence-corrected chi connectivity index (χ3v) is 3.12. The Hall–Kier alpha value is -1.13. The van der Waals surface area contributed by atoms with Gasteiger partial charge in [0.1, 0.15) is 11.6 Å². The molecule has 0 saturated heterocycles. The second-order valence-corrected chi connectivity index (χ2v) is 4.52. The summed E-state index contributed by atoms with van der Waals surface area (Å²) in [6.45, 7) is 2.80. The number of alkyl halides is 1. The van der Waals surface area contributed by atoms with Gasteiger partial charge in [0.2, 0.25) is 0 Å². The van der Waals surface area contributed by atoms with Crippen molar-refractivity contribution < 1.29 is 4.39 Å². The summed E-state index contributed by atoms with van der Waals surface area (Å²) in [6.07, 6.45) is 0.924. The molecule has 0 atom stereocenters. The monoisotopic (exact) mass is 287 g/mol. The Morgan fingerprint density at radius 3 is 2.72 bits per heavy atom. The molecule has 0 aliphatic heterocycles. The summed E-state index contributed by atoms with van der Waals surface area (Å²) in [7, 11) is 0. The standard InChI is InChI=1S/C12H12Cl2FN3/c1-2-5-18-11(7-13)16-17-12(18)9-4-3-8(15)6-10(9)14/h3-4,6H,2,5,7H2,1H3. The fourth-order valence-corrected chi connectivity index (χ4v) is 2.21. The minimum Gasteiger partial charge on any atom is -0.310 e. The Balaban J connectivity index is 2.52. The molecule has 2 aromatic rings. The summed E-state index contributed by atoms with van der Waals surface area (Å²) in [5.41, 5.74) is 0.662. The van der Waals surface area contributed by atoms with E-state index in [1.165, 1.54) is 12.1 Å². The first-order valence-corrected chi connectivity index (χ1v) is 6.52. The average Bonchev–Trinajstić information content (AvgIpc) is 2.73. The Morgan fingerprint density at radius 1 is 1.33 bits per heavy atom. The molecule has 18 heavy (non-hydrogen) atoms. The van der Waals surface area contributed by atoms with E-state index in [9.17, 15) is 4.39 Å². The fourth-order valence-electron chi connectivity index (χ4n) is 1.76. The van der Waals surface area contributed by atoms with E-state index in [-0.39, 0.29) is 11.7 Å². The van der Waals surface area contributed by atoms with E-state index in [0.29, 0.717) is 22.2 Å².